The van der Waals surface area contributed by atoms with Gasteiger partial charge in [-0.15, -0.1) is 0 Å². The lowest BCUT2D eigenvalue weighted by Crippen LogP contribution is -2.03. The number of nitrogens with zero attached hydrogens (tertiary/aromatic N) is 2. The summed E-state index contributed by atoms with van der Waals surface area (Å²) in [6.45, 7) is 0. The molecule has 1 atom stereocenters. The van der Waals surface area contributed by atoms with Crippen LogP contribution in [0.2, 0.25) is 0 Å². The molecule has 0 spiro atoms. The van der Waals surface area contributed by atoms with Gasteiger partial charge in [0.2, 0.25) is 0 Å². The van der Waals surface area contributed by atoms with Crippen LogP contribution in [0.15, 0.2) is 10.2 Å². The molecule has 0 saturated heterocycles. The Morgan fingerprint density at radius 1 is 1.67 bits per heavy atom. The van der Waals surface area contributed by atoms with E-state index in [-0.39, 0.29) is 6.17 Å². The molecule has 1 aliphatic heterocycles. The Morgan fingerprint density at radius 2 is 2.22 bits per heavy atom. The van der Waals surface area contributed by atoms with Crippen molar-refractivity contribution in [1.29, 1.82) is 4.78 Å². The molecule has 9 heavy (non-hydrogen) atoms. The SMILES string of the molecule is CS(=N)(=O)CCC1N=N1. The lowest BCUT2D eigenvalue weighted by molar-refractivity contribution is 0.675. The predicted octanol–water partition coefficient (Wildman–Crippen LogP) is 0.845. The van der Waals surface area contributed by atoms with E-state index in [1.165, 1.54) is 6.26 Å². The van der Waals surface area contributed by atoms with Crippen molar-refractivity contribution in [2.75, 3.05) is 12.0 Å². The van der Waals surface area contributed by atoms with Crippen LogP contribution in [-0.2, 0) is 9.73 Å². The zero-order chi connectivity index (χ0) is 6.91. The summed E-state index contributed by atoms with van der Waals surface area (Å²) < 4.78 is 17.7. The predicted molar refractivity (Wildman–Crippen MR) is 34.9 cm³/mol. The Morgan fingerprint density at radius 3 is 2.56 bits per heavy atom. The fourth-order valence-electron chi connectivity index (χ4n) is 0.493. The van der Waals surface area contributed by atoms with Gasteiger partial charge < -0.3 is 0 Å². The number of rotatable bonds is 3. The summed E-state index contributed by atoms with van der Waals surface area (Å²) in [5.74, 6) is 0.421. The van der Waals surface area contributed by atoms with Crippen molar-refractivity contribution < 1.29 is 4.21 Å². The Kier molecular flexibility index (Phi) is 1.52. The summed E-state index contributed by atoms with van der Waals surface area (Å²) in [7, 11) is -2.30. The van der Waals surface area contributed by atoms with Crippen LogP contribution in [0.5, 0.6) is 0 Å². The maximum Gasteiger partial charge on any atom is 0.181 e. The molecule has 0 saturated carbocycles. The van der Waals surface area contributed by atoms with Gasteiger partial charge in [-0.3, -0.25) is 8.99 Å². The largest absolute Gasteiger partial charge is 0.253 e. The maximum atomic E-state index is 10.7. The first-order chi connectivity index (χ1) is 4.08. The van der Waals surface area contributed by atoms with Crippen LogP contribution in [-0.4, -0.2) is 22.4 Å². The van der Waals surface area contributed by atoms with E-state index in [1.54, 1.807) is 0 Å². The zero-order valence-corrected chi connectivity index (χ0v) is 6.02. The minimum absolute atomic E-state index is 0.0659. The van der Waals surface area contributed by atoms with Crippen molar-refractivity contribution >= 4 is 9.73 Å². The molecule has 0 bridgehead atoms. The second-order valence-corrected chi connectivity index (χ2v) is 4.63. The molecular weight excluding hydrogens is 138 g/mol. The minimum atomic E-state index is -2.30. The first-order valence-corrected chi connectivity index (χ1v) is 4.83. The molecule has 0 aromatic carbocycles. The lowest BCUT2D eigenvalue weighted by atomic mass is 10.4. The van der Waals surface area contributed by atoms with Crippen LogP contribution >= 0.6 is 0 Å². The molecule has 4 nitrogen and oxygen atoms in total. The maximum absolute atomic E-state index is 10.7. The highest BCUT2D eigenvalue weighted by Crippen LogP contribution is 2.14. The topological polar surface area (TPSA) is 65.6 Å². The van der Waals surface area contributed by atoms with Crippen molar-refractivity contribution in [3.05, 3.63) is 0 Å². The van der Waals surface area contributed by atoms with E-state index < -0.39 is 9.73 Å². The molecule has 1 aliphatic rings. The Hall–Kier alpha value is -0.450. The van der Waals surface area contributed by atoms with E-state index in [0.29, 0.717) is 12.2 Å². The third kappa shape index (κ3) is 3.18. The molecule has 1 unspecified atom stereocenters. The summed E-state index contributed by atoms with van der Waals surface area (Å²) in [6.07, 6.45) is 2.19. The van der Waals surface area contributed by atoms with Crippen LogP contribution < -0.4 is 0 Å². The number of hydrogen-bond donors (Lipinski definition) is 1. The molecule has 52 valence electrons. The summed E-state index contributed by atoms with van der Waals surface area (Å²) in [4.78, 5) is 0. The normalized spacial score (nSPS) is 23.7. The van der Waals surface area contributed by atoms with Gasteiger partial charge >= 0.3 is 0 Å². The van der Waals surface area contributed by atoms with E-state index in [0.717, 1.165) is 0 Å². The van der Waals surface area contributed by atoms with Crippen molar-refractivity contribution in [3.8, 4) is 0 Å². The molecular formula is C4H9N3OS. The summed E-state index contributed by atoms with van der Waals surface area (Å²) in [6, 6.07) is 0. The number of hydrogen-bond acceptors (Lipinski definition) is 4. The monoisotopic (exact) mass is 147 g/mol. The van der Waals surface area contributed by atoms with Crippen LogP contribution in [0.3, 0.4) is 0 Å². The molecule has 0 aliphatic carbocycles. The van der Waals surface area contributed by atoms with Gasteiger partial charge in [-0.1, -0.05) is 0 Å². The summed E-state index contributed by atoms with van der Waals surface area (Å²) >= 11 is 0. The van der Waals surface area contributed by atoms with E-state index in [9.17, 15) is 4.21 Å². The number of nitrogens with one attached hydrogen (secondary N) is 1. The average Bonchev–Trinajstić information content (AvgIpc) is 2.38. The highest BCUT2D eigenvalue weighted by atomic mass is 32.2. The van der Waals surface area contributed by atoms with E-state index in [4.69, 9.17) is 4.78 Å². The van der Waals surface area contributed by atoms with E-state index in [2.05, 4.69) is 10.2 Å². The smallest absolute Gasteiger partial charge is 0.181 e. The fourth-order valence-corrected chi connectivity index (χ4v) is 1.15. The first kappa shape index (κ1) is 6.67. The van der Waals surface area contributed by atoms with Gasteiger partial charge in [0.15, 0.2) is 6.17 Å². The van der Waals surface area contributed by atoms with Gasteiger partial charge in [-0.25, -0.2) is 0 Å². The quantitative estimate of drug-likeness (QED) is 0.631. The Labute approximate surface area is 54.3 Å². The second kappa shape index (κ2) is 2.06. The van der Waals surface area contributed by atoms with Gasteiger partial charge in [0.1, 0.15) is 0 Å². The van der Waals surface area contributed by atoms with Crippen molar-refractivity contribution in [3.63, 3.8) is 0 Å². The van der Waals surface area contributed by atoms with Gasteiger partial charge in [-0.05, 0) is 0 Å². The van der Waals surface area contributed by atoms with E-state index in [1.807, 2.05) is 0 Å². The van der Waals surface area contributed by atoms with Crippen LogP contribution in [0, 0.1) is 4.78 Å². The second-order valence-electron chi connectivity index (χ2n) is 2.21. The third-order valence-corrected chi connectivity index (χ3v) is 2.06. The highest BCUT2D eigenvalue weighted by Gasteiger charge is 2.16. The third-order valence-electron chi connectivity index (χ3n) is 1.04. The standard InChI is InChI=1S/C4H9N3OS/c1-9(5,8)3-2-4-6-7-4/h4-5H,2-3H2,1H3. The molecule has 0 radical (unpaired) electrons. The summed E-state index contributed by atoms with van der Waals surface area (Å²) in [5.41, 5.74) is 0. The molecule has 1 rings (SSSR count). The molecule has 1 heterocycles. The highest BCUT2D eigenvalue weighted by molar-refractivity contribution is 7.91. The van der Waals surface area contributed by atoms with Crippen LogP contribution in [0.25, 0.3) is 0 Å². The van der Waals surface area contributed by atoms with Gasteiger partial charge in [0.05, 0.1) is 0 Å². The zero-order valence-electron chi connectivity index (χ0n) is 5.20. The first-order valence-electron chi connectivity index (χ1n) is 2.69. The average molecular weight is 147 g/mol. The molecule has 0 aromatic rings. The molecule has 1 N–H and O–H groups in total. The van der Waals surface area contributed by atoms with Gasteiger partial charge in [-0.2, -0.15) is 10.2 Å². The molecule has 5 heteroatoms. The molecule has 0 fully saturated rings. The fraction of sp³-hybridized carbons (Fsp3) is 1.00. The van der Waals surface area contributed by atoms with Gasteiger partial charge in [0.25, 0.3) is 0 Å². The summed E-state index contributed by atoms with van der Waals surface area (Å²) in [5, 5.41) is 7.24. The molecule has 0 aromatic heterocycles. The van der Waals surface area contributed by atoms with Crippen LogP contribution in [0.1, 0.15) is 6.42 Å². The van der Waals surface area contributed by atoms with Crippen LogP contribution in [0.4, 0.5) is 0 Å². The van der Waals surface area contributed by atoms with Gasteiger partial charge in [0, 0.05) is 28.2 Å². The Balaban J connectivity index is 2.18. The lowest BCUT2D eigenvalue weighted by Gasteiger charge is -1.94. The van der Waals surface area contributed by atoms with Crippen molar-refractivity contribution in [1.82, 2.24) is 0 Å². The molecule has 0 amide bonds. The van der Waals surface area contributed by atoms with E-state index >= 15 is 0 Å². The van der Waals surface area contributed by atoms with Crippen molar-refractivity contribution in [2.45, 2.75) is 12.6 Å². The Bertz CT molecular complexity index is 212. The minimum Gasteiger partial charge on any atom is -0.253 e. The van der Waals surface area contributed by atoms with Crippen molar-refractivity contribution in [2.24, 2.45) is 10.2 Å².